The molecule has 0 bridgehead atoms. The molecule has 0 atom stereocenters. The van der Waals surface area contributed by atoms with Crippen LogP contribution in [0.1, 0.15) is 5.89 Å². The van der Waals surface area contributed by atoms with Crippen molar-refractivity contribution in [3.8, 4) is 5.69 Å². The molecule has 0 amide bonds. The third kappa shape index (κ3) is 2.48. The predicted molar refractivity (Wildman–Crippen MR) is 92.8 cm³/mol. The number of benzene rings is 2. The van der Waals surface area contributed by atoms with E-state index >= 15 is 0 Å². The zero-order valence-corrected chi connectivity index (χ0v) is 13.4. The highest BCUT2D eigenvalue weighted by Gasteiger charge is 2.19. The van der Waals surface area contributed by atoms with Crippen molar-refractivity contribution in [1.29, 1.82) is 0 Å². The summed E-state index contributed by atoms with van der Waals surface area (Å²) in [5.74, 6) is -0.244. The summed E-state index contributed by atoms with van der Waals surface area (Å²) in [5.41, 5.74) is 1.32. The second kappa shape index (κ2) is 5.90. The Morgan fingerprint density at radius 3 is 2.48 bits per heavy atom. The maximum Gasteiger partial charge on any atom is 0.314 e. The number of fused-ring (bicyclic) bond motifs is 3. The Morgan fingerprint density at radius 2 is 1.76 bits per heavy atom. The van der Waals surface area contributed by atoms with Crippen LogP contribution in [0.2, 0.25) is 0 Å². The maximum atomic E-state index is 13.0. The van der Waals surface area contributed by atoms with Crippen molar-refractivity contribution in [2.24, 2.45) is 0 Å². The van der Waals surface area contributed by atoms with E-state index in [1.807, 2.05) is 42.5 Å². The largest absolute Gasteiger partial charge is 0.469 e. The van der Waals surface area contributed by atoms with Crippen molar-refractivity contribution in [1.82, 2.24) is 9.55 Å². The molecular weight excluding hydrogens is 320 g/mol. The summed E-state index contributed by atoms with van der Waals surface area (Å²) in [7, 11) is 1.31. The van der Waals surface area contributed by atoms with Crippen LogP contribution in [0.15, 0.2) is 63.8 Å². The molecule has 2 aromatic carbocycles. The fourth-order valence-electron chi connectivity index (χ4n) is 2.85. The fourth-order valence-corrected chi connectivity index (χ4v) is 2.85. The number of carbonyl (C=O) groups is 1. The number of carbonyl (C=O) groups excluding carboxylic acids is 1. The topological polar surface area (TPSA) is 74.3 Å². The van der Waals surface area contributed by atoms with Crippen LogP contribution in [-0.2, 0) is 16.0 Å². The molecule has 4 rings (SSSR count). The molecule has 0 saturated heterocycles. The Labute approximate surface area is 142 Å². The lowest BCUT2D eigenvalue weighted by Gasteiger charge is -2.08. The Balaban J connectivity index is 2.09. The third-order valence-corrected chi connectivity index (χ3v) is 4.01. The molecule has 0 unspecified atom stereocenters. The molecule has 0 N–H and O–H groups in total. The first-order valence-corrected chi connectivity index (χ1v) is 7.74. The van der Waals surface area contributed by atoms with Gasteiger partial charge < -0.3 is 9.15 Å². The molecule has 124 valence electrons. The van der Waals surface area contributed by atoms with Crippen LogP contribution in [0.25, 0.3) is 27.7 Å². The van der Waals surface area contributed by atoms with Gasteiger partial charge in [-0.2, -0.15) is 0 Å². The quantitative estimate of drug-likeness (QED) is 0.539. The number of esters is 1. The lowest BCUT2D eigenvalue weighted by atomic mass is 10.1. The number of methoxy groups -OCH3 is 1. The molecule has 0 aliphatic heterocycles. The van der Waals surface area contributed by atoms with Gasteiger partial charge in [-0.05, 0) is 18.2 Å². The van der Waals surface area contributed by atoms with Crippen molar-refractivity contribution < 1.29 is 13.9 Å². The predicted octanol–water partition coefficient (Wildman–Crippen LogP) is 2.85. The maximum absolute atomic E-state index is 13.0. The molecule has 2 heterocycles. The van der Waals surface area contributed by atoms with Crippen molar-refractivity contribution in [3.63, 3.8) is 0 Å². The Kier molecular flexibility index (Phi) is 3.57. The van der Waals surface area contributed by atoms with Crippen molar-refractivity contribution >= 4 is 28.0 Å². The molecule has 6 heteroatoms. The summed E-state index contributed by atoms with van der Waals surface area (Å²) >= 11 is 0. The van der Waals surface area contributed by atoms with Crippen LogP contribution in [0.5, 0.6) is 0 Å². The molecule has 0 aliphatic rings. The monoisotopic (exact) mass is 334 g/mol. The Bertz CT molecular complexity index is 1140. The number of rotatable bonds is 3. The molecule has 0 spiro atoms. The fraction of sp³-hybridized carbons (Fsp3) is 0.105. The highest BCUT2D eigenvalue weighted by Crippen LogP contribution is 2.25. The van der Waals surface area contributed by atoms with E-state index in [1.165, 1.54) is 11.7 Å². The molecule has 0 saturated carbocycles. The van der Waals surface area contributed by atoms with E-state index < -0.39 is 5.97 Å². The van der Waals surface area contributed by atoms with E-state index in [0.717, 1.165) is 0 Å². The van der Waals surface area contributed by atoms with Gasteiger partial charge in [-0.3, -0.25) is 9.59 Å². The van der Waals surface area contributed by atoms with E-state index in [9.17, 15) is 9.59 Å². The number of hydrogen-bond acceptors (Lipinski definition) is 5. The number of pyridine rings is 1. The van der Waals surface area contributed by atoms with Gasteiger partial charge in [0.25, 0.3) is 5.56 Å². The first-order valence-electron chi connectivity index (χ1n) is 7.74. The second-order valence-corrected chi connectivity index (χ2v) is 5.54. The number of oxazole rings is 1. The molecule has 0 radical (unpaired) electrons. The molecule has 0 aliphatic carbocycles. The van der Waals surface area contributed by atoms with E-state index in [0.29, 0.717) is 27.7 Å². The van der Waals surface area contributed by atoms with E-state index in [4.69, 9.17) is 4.42 Å². The summed E-state index contributed by atoms with van der Waals surface area (Å²) in [6.07, 6.45) is -0.0948. The lowest BCUT2D eigenvalue weighted by Crippen LogP contribution is -2.18. The highest BCUT2D eigenvalue weighted by atomic mass is 16.5. The number of aromatic nitrogens is 2. The minimum atomic E-state index is -0.454. The van der Waals surface area contributed by atoms with Crippen molar-refractivity contribution in [2.75, 3.05) is 7.11 Å². The van der Waals surface area contributed by atoms with Crippen LogP contribution < -0.4 is 5.56 Å². The van der Waals surface area contributed by atoms with E-state index in [2.05, 4.69) is 9.72 Å². The number of ether oxygens (including phenoxy) is 1. The van der Waals surface area contributed by atoms with E-state index in [1.54, 1.807) is 12.1 Å². The smallest absolute Gasteiger partial charge is 0.314 e. The van der Waals surface area contributed by atoms with Gasteiger partial charge in [0.2, 0.25) is 11.6 Å². The first-order chi connectivity index (χ1) is 12.2. The van der Waals surface area contributed by atoms with Gasteiger partial charge >= 0.3 is 5.97 Å². The molecular formula is C19H14N2O4. The molecule has 0 fully saturated rings. The lowest BCUT2D eigenvalue weighted by molar-refractivity contribution is -0.140. The minimum Gasteiger partial charge on any atom is -0.469 e. The summed E-state index contributed by atoms with van der Waals surface area (Å²) in [4.78, 5) is 29.0. The standard InChI is InChI=1S/C19H14N2O4/c1-24-16(22)11-15-20-17-13-9-5-6-10-14(13)18(23)21(19(17)25-15)12-7-3-2-4-8-12/h2-10H,11H2,1H3. The van der Waals surface area contributed by atoms with Gasteiger partial charge in [0.1, 0.15) is 11.9 Å². The zero-order valence-electron chi connectivity index (χ0n) is 13.4. The molecule has 4 aromatic rings. The molecule has 25 heavy (non-hydrogen) atoms. The van der Waals surface area contributed by atoms with Gasteiger partial charge in [-0.25, -0.2) is 9.55 Å². The third-order valence-electron chi connectivity index (χ3n) is 4.01. The zero-order chi connectivity index (χ0) is 17.4. The average Bonchev–Trinajstić information content (AvgIpc) is 3.06. The van der Waals surface area contributed by atoms with Gasteiger partial charge in [0.05, 0.1) is 12.8 Å². The van der Waals surface area contributed by atoms with Crippen LogP contribution in [0, 0.1) is 0 Å². The van der Waals surface area contributed by atoms with Crippen molar-refractivity contribution in [2.45, 2.75) is 6.42 Å². The molecule has 6 nitrogen and oxygen atoms in total. The normalized spacial score (nSPS) is 11.1. The van der Waals surface area contributed by atoms with Gasteiger partial charge in [0.15, 0.2) is 0 Å². The SMILES string of the molecule is COC(=O)Cc1nc2c3ccccc3c(=O)n(-c3ccccc3)c2o1. The van der Waals surface area contributed by atoms with Crippen LogP contribution >= 0.6 is 0 Å². The van der Waals surface area contributed by atoms with Crippen molar-refractivity contribution in [3.05, 3.63) is 70.8 Å². The summed E-state index contributed by atoms with van der Waals surface area (Å²) in [6, 6.07) is 16.4. The number of hydrogen-bond donors (Lipinski definition) is 0. The highest BCUT2D eigenvalue weighted by molar-refractivity contribution is 6.02. The number of para-hydroxylation sites is 1. The van der Waals surface area contributed by atoms with Gasteiger partial charge in [-0.15, -0.1) is 0 Å². The van der Waals surface area contributed by atoms with Gasteiger partial charge in [0, 0.05) is 10.8 Å². The number of nitrogens with zero attached hydrogens (tertiary/aromatic N) is 2. The minimum absolute atomic E-state index is 0.0948. The summed E-state index contributed by atoms with van der Waals surface area (Å²) in [5, 5.41) is 1.23. The van der Waals surface area contributed by atoms with Crippen LogP contribution in [0.3, 0.4) is 0 Å². The first kappa shape index (κ1) is 15.1. The molecule has 2 aromatic heterocycles. The van der Waals surface area contributed by atoms with E-state index in [-0.39, 0.29) is 17.9 Å². The average molecular weight is 334 g/mol. The Hall–Kier alpha value is -3.41. The van der Waals surface area contributed by atoms with Crippen LogP contribution in [0.4, 0.5) is 0 Å². The van der Waals surface area contributed by atoms with Crippen LogP contribution in [-0.4, -0.2) is 22.6 Å². The second-order valence-electron chi connectivity index (χ2n) is 5.54. The Morgan fingerprint density at radius 1 is 1.08 bits per heavy atom. The summed E-state index contributed by atoms with van der Waals surface area (Å²) in [6.45, 7) is 0. The summed E-state index contributed by atoms with van der Waals surface area (Å²) < 4.78 is 11.9. The van der Waals surface area contributed by atoms with Gasteiger partial charge in [-0.1, -0.05) is 36.4 Å².